The van der Waals surface area contributed by atoms with Gasteiger partial charge >= 0.3 is 0 Å². The molecule has 0 aromatic carbocycles. The van der Waals surface area contributed by atoms with E-state index in [1.54, 1.807) is 13.0 Å². The molecule has 68 valence electrons. The van der Waals surface area contributed by atoms with Gasteiger partial charge in [0.2, 0.25) is 14.9 Å². The first-order valence-electron chi connectivity index (χ1n) is 3.55. The van der Waals surface area contributed by atoms with Crippen LogP contribution in [0.25, 0.3) is 0 Å². The summed E-state index contributed by atoms with van der Waals surface area (Å²) in [6, 6.07) is 3.06. The fourth-order valence-corrected chi connectivity index (χ4v) is 1.88. The first-order valence-corrected chi connectivity index (χ1v) is 5.21. The van der Waals surface area contributed by atoms with Crippen molar-refractivity contribution >= 4 is 9.84 Å². The van der Waals surface area contributed by atoms with Gasteiger partial charge in [0.15, 0.2) is 0 Å². The van der Waals surface area contributed by atoms with E-state index in [1.807, 2.05) is 0 Å². The van der Waals surface area contributed by atoms with E-state index in [2.05, 4.69) is 0 Å². The number of rotatable bonds is 3. The number of hydrogen-bond acceptors (Lipinski definition) is 4. The summed E-state index contributed by atoms with van der Waals surface area (Å²) in [5, 5.41) is 0.00505. The van der Waals surface area contributed by atoms with E-state index < -0.39 is 9.84 Å². The first-order chi connectivity index (χ1) is 5.56. The van der Waals surface area contributed by atoms with Crippen LogP contribution in [0.2, 0.25) is 0 Å². The maximum Gasteiger partial charge on any atom is 0.218 e. The van der Waals surface area contributed by atoms with Gasteiger partial charge in [-0.1, -0.05) is 0 Å². The molecule has 0 bridgehead atoms. The van der Waals surface area contributed by atoms with Crippen LogP contribution >= 0.6 is 0 Å². The lowest BCUT2D eigenvalue weighted by atomic mass is 10.5. The normalized spacial score (nSPS) is 11.8. The maximum absolute atomic E-state index is 11.3. The number of aryl methyl sites for hydroxylation is 1. The van der Waals surface area contributed by atoms with Crippen molar-refractivity contribution in [3.05, 3.63) is 17.9 Å². The molecular weight excluding hydrogens is 178 g/mol. The average molecular weight is 189 g/mol. The van der Waals surface area contributed by atoms with Crippen LogP contribution in [-0.4, -0.2) is 20.7 Å². The topological polar surface area (TPSA) is 73.3 Å². The minimum atomic E-state index is -3.28. The Morgan fingerprint density at radius 3 is 2.58 bits per heavy atom. The van der Waals surface area contributed by atoms with Gasteiger partial charge in [0.1, 0.15) is 5.76 Å². The Bertz CT molecular complexity index is 352. The third-order valence-electron chi connectivity index (χ3n) is 1.41. The fraction of sp³-hybridized carbons (Fsp3) is 0.429. The standard InChI is InChI=1S/C7H11NO3S/c1-6-2-3-7(11-6)12(9,10)5-4-8/h2-3H,4-5,8H2,1H3. The second kappa shape index (κ2) is 3.28. The molecule has 0 aliphatic rings. The molecule has 0 amide bonds. The van der Waals surface area contributed by atoms with Crippen LogP contribution in [0.15, 0.2) is 21.6 Å². The molecule has 0 aliphatic heterocycles. The molecule has 2 N–H and O–H groups in total. The zero-order valence-electron chi connectivity index (χ0n) is 6.78. The van der Waals surface area contributed by atoms with Crippen LogP contribution in [0.5, 0.6) is 0 Å². The summed E-state index contributed by atoms with van der Waals surface area (Å²) in [4.78, 5) is 0. The molecule has 0 fully saturated rings. The lowest BCUT2D eigenvalue weighted by Gasteiger charge is -1.96. The first kappa shape index (κ1) is 9.28. The van der Waals surface area contributed by atoms with Gasteiger partial charge in [0.25, 0.3) is 0 Å². The summed E-state index contributed by atoms with van der Waals surface area (Å²) in [6.07, 6.45) is 0. The third kappa shape index (κ3) is 1.86. The lowest BCUT2D eigenvalue weighted by Crippen LogP contribution is -2.15. The molecule has 0 atom stereocenters. The van der Waals surface area contributed by atoms with Crippen LogP contribution in [-0.2, 0) is 9.84 Å². The Labute approximate surface area is 71.3 Å². The van der Waals surface area contributed by atoms with Gasteiger partial charge in [-0.2, -0.15) is 0 Å². The second-order valence-corrected chi connectivity index (χ2v) is 4.51. The molecule has 5 heteroatoms. The summed E-state index contributed by atoms with van der Waals surface area (Å²) >= 11 is 0. The summed E-state index contributed by atoms with van der Waals surface area (Å²) in [7, 11) is -3.28. The van der Waals surface area contributed by atoms with E-state index in [9.17, 15) is 8.42 Å². The van der Waals surface area contributed by atoms with E-state index >= 15 is 0 Å². The number of furan rings is 1. The van der Waals surface area contributed by atoms with Crippen LogP contribution in [0.1, 0.15) is 5.76 Å². The SMILES string of the molecule is Cc1ccc(S(=O)(=O)CCN)o1. The van der Waals surface area contributed by atoms with Crippen molar-refractivity contribution in [2.75, 3.05) is 12.3 Å². The molecule has 1 heterocycles. The van der Waals surface area contributed by atoms with Gasteiger partial charge in [-0.3, -0.25) is 0 Å². The number of sulfone groups is 1. The van der Waals surface area contributed by atoms with E-state index in [-0.39, 0.29) is 17.4 Å². The molecule has 1 aromatic rings. The third-order valence-corrected chi connectivity index (χ3v) is 3.01. The zero-order valence-corrected chi connectivity index (χ0v) is 7.60. The molecule has 0 saturated heterocycles. The minimum absolute atomic E-state index is 0.00505. The zero-order chi connectivity index (χ0) is 9.19. The maximum atomic E-state index is 11.3. The summed E-state index contributed by atoms with van der Waals surface area (Å²) in [5.74, 6) is 0.519. The van der Waals surface area contributed by atoms with E-state index in [4.69, 9.17) is 10.2 Å². The van der Waals surface area contributed by atoms with Gasteiger partial charge in [-0.15, -0.1) is 0 Å². The average Bonchev–Trinajstić information content (AvgIpc) is 2.36. The molecule has 0 saturated carbocycles. The van der Waals surface area contributed by atoms with Crippen molar-refractivity contribution in [1.82, 2.24) is 0 Å². The Morgan fingerprint density at radius 1 is 1.50 bits per heavy atom. The quantitative estimate of drug-likeness (QED) is 0.743. The summed E-state index contributed by atoms with van der Waals surface area (Å²) < 4.78 is 27.5. The molecule has 0 radical (unpaired) electrons. The Hall–Kier alpha value is -0.810. The van der Waals surface area contributed by atoms with E-state index in [0.29, 0.717) is 5.76 Å². The molecule has 1 rings (SSSR count). The van der Waals surface area contributed by atoms with Crippen LogP contribution in [0.4, 0.5) is 0 Å². The highest BCUT2D eigenvalue weighted by Gasteiger charge is 2.16. The van der Waals surface area contributed by atoms with Gasteiger partial charge < -0.3 is 10.2 Å². The molecule has 0 spiro atoms. The van der Waals surface area contributed by atoms with E-state index in [0.717, 1.165) is 0 Å². The smallest absolute Gasteiger partial charge is 0.218 e. The molecule has 12 heavy (non-hydrogen) atoms. The Morgan fingerprint density at radius 2 is 2.17 bits per heavy atom. The predicted octanol–water partition coefficient (Wildman–Crippen LogP) is 0.320. The van der Waals surface area contributed by atoms with Gasteiger partial charge in [0, 0.05) is 6.54 Å². The van der Waals surface area contributed by atoms with Crippen molar-refractivity contribution in [3.8, 4) is 0 Å². The summed E-state index contributed by atoms with van der Waals surface area (Å²) in [6.45, 7) is 1.81. The van der Waals surface area contributed by atoms with Crippen LogP contribution < -0.4 is 5.73 Å². The number of nitrogens with two attached hydrogens (primary N) is 1. The molecule has 0 unspecified atom stereocenters. The van der Waals surface area contributed by atoms with Crippen molar-refractivity contribution in [2.24, 2.45) is 5.73 Å². The minimum Gasteiger partial charge on any atom is -0.450 e. The highest BCUT2D eigenvalue weighted by molar-refractivity contribution is 7.91. The van der Waals surface area contributed by atoms with Gasteiger partial charge in [-0.05, 0) is 19.1 Å². The van der Waals surface area contributed by atoms with Crippen molar-refractivity contribution in [2.45, 2.75) is 12.0 Å². The van der Waals surface area contributed by atoms with Gasteiger partial charge in [-0.25, -0.2) is 8.42 Å². The van der Waals surface area contributed by atoms with E-state index in [1.165, 1.54) is 6.07 Å². The Kier molecular flexibility index (Phi) is 2.54. The number of hydrogen-bond donors (Lipinski definition) is 1. The fourth-order valence-electron chi connectivity index (χ4n) is 0.835. The highest BCUT2D eigenvalue weighted by atomic mass is 32.2. The van der Waals surface area contributed by atoms with Gasteiger partial charge in [0.05, 0.1) is 5.75 Å². The predicted molar refractivity (Wildman–Crippen MR) is 44.6 cm³/mol. The molecule has 1 aromatic heterocycles. The molecule has 0 aliphatic carbocycles. The van der Waals surface area contributed by atoms with Crippen molar-refractivity contribution in [3.63, 3.8) is 0 Å². The highest BCUT2D eigenvalue weighted by Crippen LogP contribution is 2.13. The Balaban J connectivity index is 2.98. The van der Waals surface area contributed by atoms with Crippen molar-refractivity contribution in [1.29, 1.82) is 0 Å². The van der Waals surface area contributed by atoms with Crippen LogP contribution in [0.3, 0.4) is 0 Å². The lowest BCUT2D eigenvalue weighted by molar-refractivity contribution is 0.429. The molecular formula is C7H11NO3S. The largest absolute Gasteiger partial charge is 0.450 e. The van der Waals surface area contributed by atoms with Crippen molar-refractivity contribution < 1.29 is 12.8 Å². The van der Waals surface area contributed by atoms with Crippen LogP contribution in [0, 0.1) is 6.92 Å². The monoisotopic (exact) mass is 189 g/mol. The summed E-state index contributed by atoms with van der Waals surface area (Å²) in [5.41, 5.74) is 5.14. The second-order valence-electron chi connectivity index (χ2n) is 2.47. The molecule has 4 nitrogen and oxygen atoms in total.